The topological polar surface area (TPSA) is 20.2 Å². The van der Waals surface area contributed by atoms with Crippen molar-refractivity contribution in [3.63, 3.8) is 0 Å². The van der Waals surface area contributed by atoms with E-state index in [1.54, 1.807) is 0 Å². The predicted octanol–water partition coefficient (Wildman–Crippen LogP) is 2.18. The van der Waals surface area contributed by atoms with Crippen LogP contribution >= 0.6 is 11.6 Å². The molecule has 1 aromatic rings. The third kappa shape index (κ3) is 1.95. The smallest absolute Gasteiger partial charge is 0.0471 e. The Kier molecular flexibility index (Phi) is 2.92. The molecule has 0 aliphatic carbocycles. The van der Waals surface area contributed by atoms with Crippen LogP contribution in [0, 0.1) is 6.92 Å². The number of rotatable bonds is 2. The molecule has 0 aromatic heterocycles. The molecule has 11 heavy (non-hydrogen) atoms. The van der Waals surface area contributed by atoms with E-state index in [-0.39, 0.29) is 6.61 Å². The Hall–Kier alpha value is -0.530. The van der Waals surface area contributed by atoms with Crippen LogP contribution in [0.5, 0.6) is 0 Å². The molecule has 0 fully saturated rings. The molecular formula is C9H11ClO. The Balaban J connectivity index is 2.96. The number of hydrogen-bond donors (Lipinski definition) is 1. The minimum Gasteiger partial charge on any atom is -0.396 e. The molecule has 1 N–H and O–H groups in total. The normalized spacial score (nSPS) is 10.1. The van der Waals surface area contributed by atoms with E-state index in [9.17, 15) is 0 Å². The Labute approximate surface area is 71.6 Å². The molecule has 0 saturated heterocycles. The van der Waals surface area contributed by atoms with Crippen LogP contribution < -0.4 is 0 Å². The van der Waals surface area contributed by atoms with E-state index >= 15 is 0 Å². The molecule has 2 heteroatoms. The summed E-state index contributed by atoms with van der Waals surface area (Å²) in [6.45, 7) is 2.15. The van der Waals surface area contributed by atoms with Gasteiger partial charge in [0.1, 0.15) is 0 Å². The van der Waals surface area contributed by atoms with E-state index in [2.05, 4.69) is 0 Å². The standard InChI is InChI=1S/C9H11ClO/c1-7-8(5-6-11)3-2-4-9(7)10/h2-4,11H,5-6H2,1H3. The van der Waals surface area contributed by atoms with Gasteiger partial charge in [0.25, 0.3) is 0 Å². The SMILES string of the molecule is Cc1c(Cl)cccc1CCO. The summed E-state index contributed by atoms with van der Waals surface area (Å²) >= 11 is 5.87. The van der Waals surface area contributed by atoms with Crippen LogP contribution in [0.4, 0.5) is 0 Å². The van der Waals surface area contributed by atoms with Crippen molar-refractivity contribution in [2.75, 3.05) is 6.61 Å². The van der Waals surface area contributed by atoms with Gasteiger partial charge in [0.05, 0.1) is 0 Å². The van der Waals surface area contributed by atoms with Crippen LogP contribution in [0.2, 0.25) is 5.02 Å². The number of aliphatic hydroxyl groups is 1. The molecule has 1 aromatic carbocycles. The average Bonchev–Trinajstić information content (AvgIpc) is 1.99. The lowest BCUT2D eigenvalue weighted by atomic mass is 10.1. The second kappa shape index (κ2) is 3.74. The first-order valence-corrected chi connectivity index (χ1v) is 3.98. The van der Waals surface area contributed by atoms with E-state index < -0.39 is 0 Å². The van der Waals surface area contributed by atoms with Gasteiger partial charge in [-0.1, -0.05) is 23.7 Å². The Morgan fingerprint density at radius 2 is 2.18 bits per heavy atom. The summed E-state index contributed by atoms with van der Waals surface area (Å²) in [5.74, 6) is 0. The second-order valence-corrected chi connectivity index (χ2v) is 2.90. The summed E-state index contributed by atoms with van der Waals surface area (Å²) in [6.07, 6.45) is 0.687. The van der Waals surface area contributed by atoms with Gasteiger partial charge in [-0.05, 0) is 30.5 Å². The first-order chi connectivity index (χ1) is 5.25. The van der Waals surface area contributed by atoms with Crippen molar-refractivity contribution in [3.05, 3.63) is 34.3 Å². The van der Waals surface area contributed by atoms with E-state index in [0.717, 1.165) is 16.1 Å². The summed E-state index contributed by atoms with van der Waals surface area (Å²) in [4.78, 5) is 0. The summed E-state index contributed by atoms with van der Waals surface area (Å²) in [5.41, 5.74) is 2.20. The van der Waals surface area contributed by atoms with Gasteiger partial charge in [0.2, 0.25) is 0 Å². The van der Waals surface area contributed by atoms with Crippen molar-refractivity contribution in [1.82, 2.24) is 0 Å². The molecule has 0 amide bonds. The van der Waals surface area contributed by atoms with E-state index in [1.807, 2.05) is 25.1 Å². The molecule has 0 unspecified atom stereocenters. The molecule has 0 heterocycles. The van der Waals surface area contributed by atoms with Crippen LogP contribution in [0.25, 0.3) is 0 Å². The van der Waals surface area contributed by atoms with Crippen molar-refractivity contribution < 1.29 is 5.11 Å². The molecular weight excluding hydrogens is 160 g/mol. The maximum atomic E-state index is 8.69. The van der Waals surface area contributed by atoms with Crippen LogP contribution in [-0.4, -0.2) is 11.7 Å². The molecule has 0 spiro atoms. The highest BCUT2D eigenvalue weighted by molar-refractivity contribution is 6.31. The Bertz CT molecular complexity index is 245. The molecule has 0 aliphatic heterocycles. The molecule has 1 rings (SSSR count). The summed E-state index contributed by atoms with van der Waals surface area (Å²) in [6, 6.07) is 5.75. The fourth-order valence-corrected chi connectivity index (χ4v) is 1.24. The Morgan fingerprint density at radius 1 is 1.45 bits per heavy atom. The van der Waals surface area contributed by atoms with Crippen molar-refractivity contribution in [2.24, 2.45) is 0 Å². The van der Waals surface area contributed by atoms with Crippen molar-refractivity contribution in [2.45, 2.75) is 13.3 Å². The predicted molar refractivity (Wildman–Crippen MR) is 47.0 cm³/mol. The number of hydrogen-bond acceptors (Lipinski definition) is 1. The average molecular weight is 171 g/mol. The van der Waals surface area contributed by atoms with Crippen molar-refractivity contribution in [3.8, 4) is 0 Å². The molecule has 60 valence electrons. The molecule has 0 atom stereocenters. The van der Waals surface area contributed by atoms with Crippen LogP contribution in [0.1, 0.15) is 11.1 Å². The van der Waals surface area contributed by atoms with Crippen molar-refractivity contribution in [1.29, 1.82) is 0 Å². The molecule has 0 saturated carbocycles. The second-order valence-electron chi connectivity index (χ2n) is 2.50. The zero-order chi connectivity index (χ0) is 8.27. The highest BCUT2D eigenvalue weighted by atomic mass is 35.5. The molecule has 1 nitrogen and oxygen atoms in total. The molecule has 0 bridgehead atoms. The number of benzene rings is 1. The molecule has 0 aliphatic rings. The zero-order valence-corrected chi connectivity index (χ0v) is 7.23. The van der Waals surface area contributed by atoms with Crippen LogP contribution in [0.15, 0.2) is 18.2 Å². The Morgan fingerprint density at radius 3 is 2.82 bits per heavy atom. The lowest BCUT2D eigenvalue weighted by molar-refractivity contribution is 0.299. The lowest BCUT2D eigenvalue weighted by Crippen LogP contribution is -1.93. The van der Waals surface area contributed by atoms with Gasteiger partial charge in [-0.25, -0.2) is 0 Å². The minimum atomic E-state index is 0.182. The highest BCUT2D eigenvalue weighted by Crippen LogP contribution is 2.18. The maximum absolute atomic E-state index is 8.69. The summed E-state index contributed by atoms with van der Waals surface area (Å²) < 4.78 is 0. The highest BCUT2D eigenvalue weighted by Gasteiger charge is 1.99. The van der Waals surface area contributed by atoms with Crippen LogP contribution in [0.3, 0.4) is 0 Å². The monoisotopic (exact) mass is 170 g/mol. The van der Waals surface area contributed by atoms with E-state index in [1.165, 1.54) is 0 Å². The van der Waals surface area contributed by atoms with Gasteiger partial charge in [-0.15, -0.1) is 0 Å². The van der Waals surface area contributed by atoms with Gasteiger partial charge in [-0.2, -0.15) is 0 Å². The number of aliphatic hydroxyl groups excluding tert-OH is 1. The summed E-state index contributed by atoms with van der Waals surface area (Å²) in [7, 11) is 0. The van der Waals surface area contributed by atoms with Gasteiger partial charge < -0.3 is 5.11 Å². The summed E-state index contributed by atoms with van der Waals surface area (Å²) in [5, 5.41) is 9.47. The van der Waals surface area contributed by atoms with Gasteiger partial charge in [0.15, 0.2) is 0 Å². The zero-order valence-electron chi connectivity index (χ0n) is 6.47. The minimum absolute atomic E-state index is 0.182. The lowest BCUT2D eigenvalue weighted by Gasteiger charge is -2.04. The van der Waals surface area contributed by atoms with E-state index in [4.69, 9.17) is 16.7 Å². The third-order valence-corrected chi connectivity index (χ3v) is 2.17. The third-order valence-electron chi connectivity index (χ3n) is 1.76. The first-order valence-electron chi connectivity index (χ1n) is 3.60. The fraction of sp³-hybridized carbons (Fsp3) is 0.333. The van der Waals surface area contributed by atoms with Gasteiger partial charge in [-0.3, -0.25) is 0 Å². The van der Waals surface area contributed by atoms with Gasteiger partial charge in [0, 0.05) is 11.6 Å². The first kappa shape index (κ1) is 8.57. The van der Waals surface area contributed by atoms with Crippen molar-refractivity contribution >= 4 is 11.6 Å². The van der Waals surface area contributed by atoms with E-state index in [0.29, 0.717) is 6.42 Å². The number of halogens is 1. The fourth-order valence-electron chi connectivity index (χ4n) is 1.04. The quantitative estimate of drug-likeness (QED) is 0.722. The molecule has 0 radical (unpaired) electrons. The largest absolute Gasteiger partial charge is 0.396 e. The van der Waals surface area contributed by atoms with Crippen LogP contribution in [-0.2, 0) is 6.42 Å². The maximum Gasteiger partial charge on any atom is 0.0471 e. The van der Waals surface area contributed by atoms with Gasteiger partial charge >= 0.3 is 0 Å².